The molecule has 2 fully saturated rings. The van der Waals surface area contributed by atoms with Crippen molar-refractivity contribution in [2.45, 2.75) is 108 Å². The van der Waals surface area contributed by atoms with E-state index < -0.39 is 67.4 Å². The summed E-state index contributed by atoms with van der Waals surface area (Å²) in [5.41, 5.74) is 5.59. The van der Waals surface area contributed by atoms with Crippen LogP contribution in [0.5, 0.6) is 0 Å². The van der Waals surface area contributed by atoms with E-state index in [-0.39, 0.29) is 46.2 Å². The van der Waals surface area contributed by atoms with Gasteiger partial charge in [0, 0.05) is 6.92 Å². The number of hydrogen-bond donors (Lipinski definition) is 1. The van der Waals surface area contributed by atoms with Crippen LogP contribution in [-0.2, 0) is 91.8 Å². The Hall–Kier alpha value is -5.61. The second-order valence-electron chi connectivity index (χ2n) is 16.8. The van der Waals surface area contributed by atoms with Crippen LogP contribution in [0.1, 0.15) is 40.3 Å². The third kappa shape index (κ3) is 14.2. The molecule has 0 aromatic heterocycles. The second kappa shape index (κ2) is 25.7. The first kappa shape index (κ1) is 48.8. The molecule has 0 unspecified atom stereocenters. The Morgan fingerprint density at radius 2 is 0.721 bits per heavy atom. The molecule has 356 valence electrons. The summed E-state index contributed by atoms with van der Waals surface area (Å²) < 4.78 is 65.7. The van der Waals surface area contributed by atoms with Crippen molar-refractivity contribution < 1.29 is 57.3 Å². The van der Waals surface area contributed by atoms with E-state index in [9.17, 15) is 9.90 Å². The molecule has 6 aromatic carbocycles. The second-order valence-corrected chi connectivity index (χ2v) is 16.8. The third-order valence-corrected chi connectivity index (χ3v) is 11.7. The van der Waals surface area contributed by atoms with Crippen LogP contribution in [0.3, 0.4) is 0 Å². The lowest BCUT2D eigenvalue weighted by Crippen LogP contribution is -2.64. The monoisotopic (exact) mass is 924 g/mol. The van der Waals surface area contributed by atoms with Crippen molar-refractivity contribution in [1.29, 1.82) is 0 Å². The first-order valence-corrected chi connectivity index (χ1v) is 23.1. The minimum absolute atomic E-state index is 0.0868. The highest BCUT2D eigenvalue weighted by molar-refractivity contribution is 5.66. The molecule has 6 aromatic rings. The molecule has 12 nitrogen and oxygen atoms in total. The Morgan fingerprint density at radius 1 is 0.397 bits per heavy atom. The minimum Gasteiger partial charge on any atom is -0.454 e. The van der Waals surface area contributed by atoms with Gasteiger partial charge in [0.05, 0.1) is 52.9 Å². The molecule has 0 spiro atoms. The fourth-order valence-electron chi connectivity index (χ4n) is 8.34. The summed E-state index contributed by atoms with van der Waals surface area (Å²) >= 11 is 0. The summed E-state index contributed by atoms with van der Waals surface area (Å²) in [6, 6.07) is 58.6. The largest absolute Gasteiger partial charge is 0.454 e. The quantitative estimate of drug-likeness (QED) is 0.0619. The van der Waals surface area contributed by atoms with Gasteiger partial charge in [0.25, 0.3) is 0 Å². The van der Waals surface area contributed by atoms with Crippen LogP contribution >= 0.6 is 0 Å². The lowest BCUT2D eigenvalue weighted by atomic mass is 9.97. The van der Waals surface area contributed by atoms with Gasteiger partial charge in [-0.2, -0.15) is 0 Å². The molecule has 2 aliphatic heterocycles. The van der Waals surface area contributed by atoms with Gasteiger partial charge >= 0.3 is 5.97 Å². The van der Waals surface area contributed by atoms with Gasteiger partial charge in [-0.3, -0.25) is 4.79 Å². The summed E-state index contributed by atoms with van der Waals surface area (Å²) in [7, 11) is 0. The van der Waals surface area contributed by atoms with Crippen LogP contribution in [0.4, 0.5) is 0 Å². The Bertz CT molecular complexity index is 2330. The van der Waals surface area contributed by atoms with Crippen molar-refractivity contribution in [2.75, 3.05) is 13.2 Å². The summed E-state index contributed by atoms with van der Waals surface area (Å²) in [5, 5.41) is 11.8. The zero-order valence-electron chi connectivity index (χ0n) is 38.2. The van der Waals surface area contributed by atoms with Crippen molar-refractivity contribution in [3.63, 3.8) is 0 Å². The van der Waals surface area contributed by atoms with E-state index in [1.54, 1.807) is 0 Å². The summed E-state index contributed by atoms with van der Waals surface area (Å²) in [6.45, 7) is 2.54. The number of carbonyl (C=O) groups is 1. The van der Waals surface area contributed by atoms with Gasteiger partial charge in [0.1, 0.15) is 42.7 Å². The number of aliphatic hydroxyl groups is 1. The molecule has 2 heterocycles. The molecule has 2 saturated heterocycles. The molecular weight excluding hydrogens is 865 g/mol. The van der Waals surface area contributed by atoms with E-state index in [0.29, 0.717) is 6.61 Å². The SMILES string of the molecule is CC(=O)O[C@H]1[C@H](OC[C@H]2O[C@H](O)[C@H](OCc3ccccc3)[C@@H](OCc3ccccc3)[C@@H]2OCc2ccccc2)O[C@H](COCc2ccccc2)[C@@H](OCc2ccccc2)[C@@H]1OCc1ccccc1. The lowest BCUT2D eigenvalue weighted by molar-refractivity contribution is -0.345. The zero-order valence-corrected chi connectivity index (χ0v) is 38.2. The summed E-state index contributed by atoms with van der Waals surface area (Å²) in [6.07, 6.45) is -9.79. The molecule has 1 N–H and O–H groups in total. The molecule has 8 rings (SSSR count). The molecule has 12 heteroatoms. The van der Waals surface area contributed by atoms with Gasteiger partial charge in [-0.1, -0.05) is 182 Å². The Morgan fingerprint density at radius 3 is 1.10 bits per heavy atom. The van der Waals surface area contributed by atoms with Crippen LogP contribution < -0.4 is 0 Å². The normalized spacial score (nSPS) is 24.9. The zero-order chi connectivity index (χ0) is 46.8. The molecular formula is C56H60O12. The highest BCUT2D eigenvalue weighted by Gasteiger charge is 2.52. The topological polar surface area (TPSA) is 130 Å². The van der Waals surface area contributed by atoms with Gasteiger partial charge in [-0.05, 0) is 33.4 Å². The first-order valence-electron chi connectivity index (χ1n) is 23.1. The van der Waals surface area contributed by atoms with Gasteiger partial charge in [-0.25, -0.2) is 0 Å². The molecule has 2 aliphatic rings. The van der Waals surface area contributed by atoms with Gasteiger partial charge in [-0.15, -0.1) is 0 Å². The Labute approximate surface area is 398 Å². The number of aliphatic hydroxyl groups excluding tert-OH is 1. The van der Waals surface area contributed by atoms with E-state index in [1.165, 1.54) is 6.92 Å². The molecule has 0 amide bonds. The minimum atomic E-state index is -1.45. The highest BCUT2D eigenvalue weighted by atomic mass is 16.7. The molecule has 10 atom stereocenters. The number of carbonyl (C=O) groups excluding carboxylic acids is 1. The highest BCUT2D eigenvalue weighted by Crippen LogP contribution is 2.34. The van der Waals surface area contributed by atoms with Crippen LogP contribution in [0.25, 0.3) is 0 Å². The fraction of sp³-hybridized carbons (Fsp3) is 0.339. The van der Waals surface area contributed by atoms with Crippen molar-refractivity contribution in [2.24, 2.45) is 0 Å². The number of rotatable bonds is 23. The van der Waals surface area contributed by atoms with Crippen LogP contribution in [0, 0.1) is 0 Å². The van der Waals surface area contributed by atoms with Crippen molar-refractivity contribution in [3.05, 3.63) is 215 Å². The predicted molar refractivity (Wildman–Crippen MR) is 252 cm³/mol. The maximum absolute atomic E-state index is 13.1. The number of ether oxygens (including phenoxy) is 10. The van der Waals surface area contributed by atoms with E-state index in [2.05, 4.69) is 0 Å². The molecule has 0 aliphatic carbocycles. The standard InChI is InChI=1S/C56H60O12/c1-40(57)66-54-52(63-36-45-28-16-6-17-29-45)49(60-33-42-22-10-3-11-23-42)47(38-59-32-41-20-8-2-9-21-41)68-56(54)65-39-48-50(61-34-43-24-12-4-13-25-43)51(62-35-44-26-14-5-15-27-44)53(55(58)67-48)64-37-46-30-18-7-19-31-46/h2-31,47-56,58H,32-39H2,1H3/t47-,48-,49-,50-,51+,52+,53-,54-,55+,56-/m1/s1. The molecule has 0 radical (unpaired) electrons. The summed E-state index contributed by atoms with van der Waals surface area (Å²) in [4.78, 5) is 13.1. The summed E-state index contributed by atoms with van der Waals surface area (Å²) in [5.74, 6) is -0.567. The Kier molecular flexibility index (Phi) is 18.4. The van der Waals surface area contributed by atoms with Crippen molar-refractivity contribution in [3.8, 4) is 0 Å². The van der Waals surface area contributed by atoms with E-state index in [1.807, 2.05) is 182 Å². The average molecular weight is 925 g/mol. The number of hydrogen-bond acceptors (Lipinski definition) is 12. The number of benzene rings is 6. The van der Waals surface area contributed by atoms with E-state index >= 15 is 0 Å². The maximum atomic E-state index is 13.1. The van der Waals surface area contributed by atoms with Crippen molar-refractivity contribution in [1.82, 2.24) is 0 Å². The van der Waals surface area contributed by atoms with Crippen LogP contribution in [-0.4, -0.2) is 85.7 Å². The van der Waals surface area contributed by atoms with Crippen LogP contribution in [0.15, 0.2) is 182 Å². The van der Waals surface area contributed by atoms with E-state index in [4.69, 9.17) is 47.4 Å². The van der Waals surface area contributed by atoms with E-state index in [0.717, 1.165) is 33.4 Å². The first-order chi connectivity index (χ1) is 33.5. The lowest BCUT2D eigenvalue weighted by Gasteiger charge is -2.47. The van der Waals surface area contributed by atoms with Gasteiger partial charge < -0.3 is 52.5 Å². The van der Waals surface area contributed by atoms with Gasteiger partial charge in [0.15, 0.2) is 18.7 Å². The number of esters is 1. The molecule has 0 bridgehead atoms. The smallest absolute Gasteiger partial charge is 0.303 e. The third-order valence-electron chi connectivity index (χ3n) is 11.7. The molecule has 68 heavy (non-hydrogen) atoms. The maximum Gasteiger partial charge on any atom is 0.303 e. The predicted octanol–water partition coefficient (Wildman–Crippen LogP) is 8.52. The van der Waals surface area contributed by atoms with Crippen LogP contribution in [0.2, 0.25) is 0 Å². The molecule has 0 saturated carbocycles. The van der Waals surface area contributed by atoms with Crippen molar-refractivity contribution >= 4 is 5.97 Å². The average Bonchev–Trinajstić information content (AvgIpc) is 3.38. The van der Waals surface area contributed by atoms with Gasteiger partial charge in [0.2, 0.25) is 0 Å². The Balaban J connectivity index is 1.09. The fourth-order valence-corrected chi connectivity index (χ4v) is 8.34.